The zero-order valence-corrected chi connectivity index (χ0v) is 11.8. The van der Waals surface area contributed by atoms with Gasteiger partial charge in [-0.2, -0.15) is 0 Å². The summed E-state index contributed by atoms with van der Waals surface area (Å²) in [5.41, 5.74) is 0.975. The smallest absolute Gasteiger partial charge is 0.231 e. The van der Waals surface area contributed by atoms with Crippen molar-refractivity contribution < 1.29 is 9.53 Å². The average molecular weight is 259 g/mol. The molecule has 0 aliphatic heterocycles. The minimum Gasteiger partial charge on any atom is -0.497 e. The SMILES string of the molecule is C=C/C=C/N(C(=O)Cc1ccc(OC)cc1)C(C)C. The van der Waals surface area contributed by atoms with Crippen LogP contribution in [0.15, 0.2) is 49.2 Å². The van der Waals surface area contributed by atoms with Crippen LogP contribution in [0.2, 0.25) is 0 Å². The van der Waals surface area contributed by atoms with E-state index in [1.165, 1.54) is 0 Å². The maximum absolute atomic E-state index is 12.2. The summed E-state index contributed by atoms with van der Waals surface area (Å²) in [5, 5.41) is 0. The molecule has 0 radical (unpaired) electrons. The van der Waals surface area contributed by atoms with Gasteiger partial charge in [-0.25, -0.2) is 0 Å². The van der Waals surface area contributed by atoms with Gasteiger partial charge in [-0.05, 0) is 37.6 Å². The van der Waals surface area contributed by atoms with Crippen LogP contribution in [-0.2, 0) is 11.2 Å². The number of carbonyl (C=O) groups excluding carboxylic acids is 1. The Morgan fingerprint density at radius 3 is 2.47 bits per heavy atom. The molecule has 1 amide bonds. The molecule has 0 aliphatic carbocycles. The van der Waals surface area contributed by atoms with E-state index in [2.05, 4.69) is 6.58 Å². The van der Waals surface area contributed by atoms with E-state index in [1.54, 1.807) is 30.4 Å². The van der Waals surface area contributed by atoms with Gasteiger partial charge in [0.1, 0.15) is 5.75 Å². The molecule has 0 unspecified atom stereocenters. The standard InChI is InChI=1S/C16H21NO2/c1-5-6-11-17(13(2)3)16(18)12-14-7-9-15(19-4)10-8-14/h5-11,13H,1,12H2,2-4H3/b11-6+. The molecule has 102 valence electrons. The van der Waals surface area contributed by atoms with Crippen molar-refractivity contribution in [2.24, 2.45) is 0 Å². The lowest BCUT2D eigenvalue weighted by Crippen LogP contribution is -2.33. The summed E-state index contributed by atoms with van der Waals surface area (Å²) in [5.74, 6) is 0.863. The fourth-order valence-electron chi connectivity index (χ4n) is 1.71. The van der Waals surface area contributed by atoms with Gasteiger partial charge in [-0.1, -0.05) is 24.8 Å². The molecule has 0 saturated carbocycles. The molecule has 0 saturated heterocycles. The summed E-state index contributed by atoms with van der Waals surface area (Å²) in [6, 6.07) is 7.67. The van der Waals surface area contributed by atoms with Gasteiger partial charge in [0.05, 0.1) is 13.5 Å². The summed E-state index contributed by atoms with van der Waals surface area (Å²) in [6.07, 6.45) is 5.58. The van der Waals surface area contributed by atoms with Crippen molar-refractivity contribution in [1.82, 2.24) is 4.90 Å². The third kappa shape index (κ3) is 4.62. The lowest BCUT2D eigenvalue weighted by atomic mass is 10.1. The number of hydrogen-bond acceptors (Lipinski definition) is 2. The highest BCUT2D eigenvalue weighted by Crippen LogP contribution is 2.13. The Bertz CT molecular complexity index is 446. The van der Waals surface area contributed by atoms with E-state index in [0.29, 0.717) is 6.42 Å². The minimum atomic E-state index is 0.0678. The first kappa shape index (κ1) is 15.0. The Balaban J connectivity index is 2.74. The van der Waals surface area contributed by atoms with Crippen LogP contribution >= 0.6 is 0 Å². The van der Waals surface area contributed by atoms with Gasteiger partial charge in [0.2, 0.25) is 5.91 Å². The van der Waals surface area contributed by atoms with Crippen LogP contribution < -0.4 is 4.74 Å². The second-order valence-corrected chi connectivity index (χ2v) is 4.50. The van der Waals surface area contributed by atoms with Crippen LogP contribution in [0.3, 0.4) is 0 Å². The van der Waals surface area contributed by atoms with E-state index in [-0.39, 0.29) is 11.9 Å². The zero-order valence-electron chi connectivity index (χ0n) is 11.8. The number of amides is 1. The summed E-state index contributed by atoms with van der Waals surface area (Å²) >= 11 is 0. The second kappa shape index (κ2) is 7.41. The third-order valence-corrected chi connectivity index (χ3v) is 2.74. The predicted octanol–water partition coefficient (Wildman–Crippen LogP) is 3.17. The second-order valence-electron chi connectivity index (χ2n) is 4.50. The Kier molecular flexibility index (Phi) is 5.86. The van der Waals surface area contributed by atoms with Gasteiger partial charge in [0, 0.05) is 12.2 Å². The van der Waals surface area contributed by atoms with Crippen LogP contribution in [0.4, 0.5) is 0 Å². The Morgan fingerprint density at radius 1 is 1.37 bits per heavy atom. The largest absolute Gasteiger partial charge is 0.497 e. The van der Waals surface area contributed by atoms with Gasteiger partial charge in [0.25, 0.3) is 0 Å². The lowest BCUT2D eigenvalue weighted by molar-refractivity contribution is -0.129. The Morgan fingerprint density at radius 2 is 2.00 bits per heavy atom. The topological polar surface area (TPSA) is 29.5 Å². The highest BCUT2D eigenvalue weighted by molar-refractivity contribution is 5.80. The van der Waals surface area contributed by atoms with Crippen molar-refractivity contribution in [2.75, 3.05) is 7.11 Å². The van der Waals surface area contributed by atoms with Gasteiger partial charge in [-0.3, -0.25) is 4.79 Å². The number of benzene rings is 1. The molecule has 3 heteroatoms. The molecule has 1 rings (SSSR count). The molecule has 0 spiro atoms. The fourth-order valence-corrected chi connectivity index (χ4v) is 1.71. The number of hydrogen-bond donors (Lipinski definition) is 0. The molecule has 1 aromatic rings. The van der Waals surface area contributed by atoms with E-state index in [4.69, 9.17) is 4.74 Å². The molecule has 0 aromatic heterocycles. The molecule has 0 atom stereocenters. The van der Waals surface area contributed by atoms with Crippen LogP contribution in [0, 0.1) is 0 Å². The van der Waals surface area contributed by atoms with Gasteiger partial charge in [0.15, 0.2) is 0 Å². The first-order valence-corrected chi connectivity index (χ1v) is 6.31. The van der Waals surface area contributed by atoms with Gasteiger partial charge >= 0.3 is 0 Å². The number of nitrogens with zero attached hydrogens (tertiary/aromatic N) is 1. The first-order chi connectivity index (χ1) is 9.08. The maximum Gasteiger partial charge on any atom is 0.231 e. The van der Waals surface area contributed by atoms with E-state index < -0.39 is 0 Å². The van der Waals surface area contributed by atoms with Crippen molar-refractivity contribution in [1.29, 1.82) is 0 Å². The van der Waals surface area contributed by atoms with Crippen LogP contribution in [0.5, 0.6) is 5.75 Å². The zero-order chi connectivity index (χ0) is 14.3. The summed E-state index contributed by atoms with van der Waals surface area (Å²) in [7, 11) is 1.63. The van der Waals surface area contributed by atoms with Crippen molar-refractivity contribution in [3.8, 4) is 5.75 Å². The third-order valence-electron chi connectivity index (χ3n) is 2.74. The van der Waals surface area contributed by atoms with E-state index in [0.717, 1.165) is 11.3 Å². The summed E-state index contributed by atoms with van der Waals surface area (Å²) in [4.78, 5) is 13.9. The van der Waals surface area contributed by atoms with Crippen molar-refractivity contribution in [2.45, 2.75) is 26.3 Å². The van der Waals surface area contributed by atoms with Crippen molar-refractivity contribution in [3.63, 3.8) is 0 Å². The molecule has 0 aliphatic rings. The number of ether oxygens (including phenoxy) is 1. The maximum atomic E-state index is 12.2. The predicted molar refractivity (Wildman–Crippen MR) is 78.0 cm³/mol. The van der Waals surface area contributed by atoms with Crippen molar-refractivity contribution in [3.05, 3.63) is 54.8 Å². The summed E-state index contributed by atoms with van der Waals surface area (Å²) in [6.45, 7) is 7.59. The lowest BCUT2D eigenvalue weighted by Gasteiger charge is -2.22. The number of carbonyl (C=O) groups is 1. The molecule has 3 nitrogen and oxygen atoms in total. The first-order valence-electron chi connectivity index (χ1n) is 6.31. The number of allylic oxidation sites excluding steroid dienone is 2. The van der Waals surface area contributed by atoms with Gasteiger partial charge in [-0.15, -0.1) is 0 Å². The molecule has 1 aromatic carbocycles. The molecule has 19 heavy (non-hydrogen) atoms. The molecule has 0 fully saturated rings. The number of rotatable bonds is 6. The molecular formula is C16H21NO2. The highest BCUT2D eigenvalue weighted by Gasteiger charge is 2.14. The van der Waals surface area contributed by atoms with E-state index in [1.807, 2.05) is 38.1 Å². The van der Waals surface area contributed by atoms with Crippen molar-refractivity contribution >= 4 is 5.91 Å². The molecular weight excluding hydrogens is 238 g/mol. The van der Waals surface area contributed by atoms with Crippen LogP contribution in [0.25, 0.3) is 0 Å². The normalized spacial score (nSPS) is 10.7. The minimum absolute atomic E-state index is 0.0678. The van der Waals surface area contributed by atoms with Crippen LogP contribution in [-0.4, -0.2) is 24.0 Å². The fraction of sp³-hybridized carbons (Fsp3) is 0.312. The average Bonchev–Trinajstić information content (AvgIpc) is 2.39. The van der Waals surface area contributed by atoms with E-state index in [9.17, 15) is 4.79 Å². The quantitative estimate of drug-likeness (QED) is 0.734. The Labute approximate surface area is 115 Å². The molecule has 0 bridgehead atoms. The molecule has 0 heterocycles. The molecule has 0 N–H and O–H groups in total. The van der Waals surface area contributed by atoms with E-state index >= 15 is 0 Å². The van der Waals surface area contributed by atoms with Crippen LogP contribution in [0.1, 0.15) is 19.4 Å². The highest BCUT2D eigenvalue weighted by atomic mass is 16.5. The van der Waals surface area contributed by atoms with Gasteiger partial charge < -0.3 is 9.64 Å². The monoisotopic (exact) mass is 259 g/mol. The Hall–Kier alpha value is -2.03. The summed E-state index contributed by atoms with van der Waals surface area (Å²) < 4.78 is 5.10. The number of methoxy groups -OCH3 is 1.